The molecule has 0 fully saturated rings. The Labute approximate surface area is 102 Å². The lowest BCUT2D eigenvalue weighted by molar-refractivity contribution is -0.117. The van der Waals surface area contributed by atoms with Crippen molar-refractivity contribution < 1.29 is 13.7 Å². The van der Waals surface area contributed by atoms with E-state index in [1.54, 1.807) is 0 Å². The fourth-order valence-electron chi connectivity index (χ4n) is 1.12. The van der Waals surface area contributed by atoms with Crippen molar-refractivity contribution in [2.45, 2.75) is 46.2 Å². The second-order valence-electron chi connectivity index (χ2n) is 3.80. The molecular weight excluding hydrogens is 251 g/mol. The smallest absolute Gasteiger partial charge is 0.295 e. The molecule has 0 aromatic heterocycles. The van der Waals surface area contributed by atoms with Crippen LogP contribution in [0.3, 0.4) is 0 Å². The topological polar surface area (TPSA) is 62.6 Å². The molecule has 0 spiro atoms. The molecule has 0 amide bonds. The molecule has 0 saturated heterocycles. The third-order valence-electron chi connectivity index (χ3n) is 1.67. The zero-order valence-electron chi connectivity index (χ0n) is 10.0. The van der Waals surface area contributed by atoms with E-state index >= 15 is 0 Å². The van der Waals surface area contributed by atoms with E-state index in [-0.39, 0.29) is 25.1 Å². The minimum absolute atomic E-state index is 0.00130. The van der Waals surface area contributed by atoms with Crippen molar-refractivity contribution in [1.82, 2.24) is 5.06 Å². The summed E-state index contributed by atoms with van der Waals surface area (Å²) in [5, 5.41) is 9.82. The van der Waals surface area contributed by atoms with Gasteiger partial charge in [-0.2, -0.15) is 10.3 Å². The molecule has 1 atom stereocenters. The van der Waals surface area contributed by atoms with Gasteiger partial charge >= 0.3 is 6.95 Å². The summed E-state index contributed by atoms with van der Waals surface area (Å²) in [6.45, 7) is 3.94. The summed E-state index contributed by atoms with van der Waals surface area (Å²) in [6, 6.07) is 1.93. The molecule has 0 rings (SSSR count). The van der Waals surface area contributed by atoms with Crippen molar-refractivity contribution in [3.8, 4) is 6.07 Å². The van der Waals surface area contributed by atoms with Crippen LogP contribution in [-0.4, -0.2) is 23.8 Å². The average molecular weight is 269 g/mol. The summed E-state index contributed by atoms with van der Waals surface area (Å²) in [6.07, 6.45) is 0.128. The van der Waals surface area contributed by atoms with Crippen LogP contribution in [0.2, 0.25) is 0 Å². The summed E-state index contributed by atoms with van der Waals surface area (Å²) in [5.41, 5.74) is 0. The van der Waals surface area contributed by atoms with Crippen LogP contribution in [0.1, 0.15) is 34.1 Å². The summed E-state index contributed by atoms with van der Waals surface area (Å²) in [7, 11) is 0. The first-order valence-electron chi connectivity index (χ1n) is 5.09. The Morgan fingerprint density at radius 1 is 1.38 bits per heavy atom. The van der Waals surface area contributed by atoms with Crippen LogP contribution in [0.25, 0.3) is 0 Å². The summed E-state index contributed by atoms with van der Waals surface area (Å²) >= 11 is 5.61. The Morgan fingerprint density at radius 2 is 1.88 bits per heavy atom. The fraction of sp³-hybridized carbons (Fsp3) is 0.889. The maximum Gasteiger partial charge on any atom is 0.440 e. The highest BCUT2D eigenvalue weighted by Gasteiger charge is 2.28. The van der Waals surface area contributed by atoms with Crippen LogP contribution >= 0.6 is 18.2 Å². The molecule has 0 aromatic carbocycles. The number of nitriles is 1. The number of nitrogens with zero attached hydrogens (tertiary/aromatic N) is 2. The quantitative estimate of drug-likeness (QED) is 0.403. The van der Waals surface area contributed by atoms with Gasteiger partial charge in [0.2, 0.25) is 0 Å². The highest BCUT2D eigenvalue weighted by atomic mass is 35.7. The third kappa shape index (κ3) is 6.47. The fourth-order valence-corrected chi connectivity index (χ4v) is 2.50. The predicted octanol–water partition coefficient (Wildman–Crippen LogP) is 3.31. The number of halogens is 1. The Balaban J connectivity index is 4.32. The molecular formula is C9H18ClN2O3P. The number of hydrogen-bond acceptors (Lipinski definition) is 5. The molecule has 5 nitrogen and oxygen atoms in total. The molecule has 0 aliphatic rings. The van der Waals surface area contributed by atoms with Gasteiger partial charge in [-0.3, -0.25) is 4.52 Å². The van der Waals surface area contributed by atoms with E-state index in [4.69, 9.17) is 25.7 Å². The van der Waals surface area contributed by atoms with Crippen molar-refractivity contribution in [2.24, 2.45) is 0 Å². The van der Waals surface area contributed by atoms with Gasteiger partial charge in [0.15, 0.2) is 0 Å². The Morgan fingerprint density at radius 3 is 2.25 bits per heavy atom. The standard InChI is InChI=1S/C9H18ClN2O3P/c1-8(2)12(9(3)4)15-16(10,13)14-7-5-6-11/h8-9H,5,7H2,1-4H3. The molecule has 94 valence electrons. The number of hydroxylamine groups is 2. The molecule has 0 aliphatic carbocycles. The Bertz CT molecular complexity index is 283. The highest BCUT2D eigenvalue weighted by molar-refractivity contribution is 7.81. The summed E-state index contributed by atoms with van der Waals surface area (Å²) in [5.74, 6) is 0. The van der Waals surface area contributed by atoms with E-state index < -0.39 is 6.95 Å². The zero-order chi connectivity index (χ0) is 12.8. The first-order valence-corrected chi connectivity index (χ1v) is 7.54. The van der Waals surface area contributed by atoms with Crippen LogP contribution in [0.5, 0.6) is 0 Å². The van der Waals surface area contributed by atoms with Crippen molar-refractivity contribution in [3.05, 3.63) is 0 Å². The van der Waals surface area contributed by atoms with Gasteiger partial charge in [0.25, 0.3) is 0 Å². The van der Waals surface area contributed by atoms with Gasteiger partial charge in [0.1, 0.15) is 0 Å². The van der Waals surface area contributed by atoms with Crippen LogP contribution in [0.15, 0.2) is 0 Å². The molecule has 0 N–H and O–H groups in total. The van der Waals surface area contributed by atoms with Crippen molar-refractivity contribution in [2.75, 3.05) is 6.61 Å². The van der Waals surface area contributed by atoms with Crippen LogP contribution in [0, 0.1) is 11.3 Å². The molecule has 16 heavy (non-hydrogen) atoms. The molecule has 0 aliphatic heterocycles. The number of rotatable bonds is 7. The molecule has 1 unspecified atom stereocenters. The minimum atomic E-state index is -3.64. The van der Waals surface area contributed by atoms with E-state index in [1.165, 1.54) is 5.06 Å². The predicted molar refractivity (Wildman–Crippen MR) is 62.8 cm³/mol. The molecule has 0 heterocycles. The average Bonchev–Trinajstić information content (AvgIpc) is 2.13. The third-order valence-corrected chi connectivity index (χ3v) is 3.02. The van der Waals surface area contributed by atoms with E-state index in [2.05, 4.69) is 0 Å². The van der Waals surface area contributed by atoms with Gasteiger partial charge in [-0.15, -0.1) is 0 Å². The minimum Gasteiger partial charge on any atom is -0.295 e. The summed E-state index contributed by atoms with van der Waals surface area (Å²) in [4.78, 5) is 0. The second kappa shape index (κ2) is 7.26. The van der Waals surface area contributed by atoms with Gasteiger partial charge in [0, 0.05) is 23.3 Å². The van der Waals surface area contributed by atoms with Crippen molar-refractivity contribution in [3.63, 3.8) is 0 Å². The lowest BCUT2D eigenvalue weighted by Crippen LogP contribution is -2.35. The number of hydrogen-bond donors (Lipinski definition) is 0. The van der Waals surface area contributed by atoms with E-state index in [0.29, 0.717) is 0 Å². The first kappa shape index (κ1) is 15.9. The first-order chi connectivity index (χ1) is 7.30. The molecule has 0 radical (unpaired) electrons. The lowest BCUT2D eigenvalue weighted by Gasteiger charge is -2.30. The monoisotopic (exact) mass is 268 g/mol. The molecule has 0 aromatic rings. The lowest BCUT2D eigenvalue weighted by atomic mass is 10.3. The highest BCUT2D eigenvalue weighted by Crippen LogP contribution is 2.54. The van der Waals surface area contributed by atoms with E-state index in [9.17, 15) is 4.57 Å². The van der Waals surface area contributed by atoms with Crippen LogP contribution in [-0.2, 0) is 13.7 Å². The maximum absolute atomic E-state index is 11.7. The van der Waals surface area contributed by atoms with Gasteiger partial charge in [-0.05, 0) is 27.7 Å². The van der Waals surface area contributed by atoms with Gasteiger partial charge < -0.3 is 0 Å². The zero-order valence-corrected chi connectivity index (χ0v) is 11.7. The van der Waals surface area contributed by atoms with Crippen molar-refractivity contribution in [1.29, 1.82) is 5.26 Å². The molecule has 0 saturated carbocycles. The Kier molecular flexibility index (Phi) is 7.21. The van der Waals surface area contributed by atoms with Gasteiger partial charge in [-0.1, -0.05) is 0 Å². The van der Waals surface area contributed by atoms with Crippen molar-refractivity contribution >= 4 is 18.2 Å². The van der Waals surface area contributed by atoms with Crippen LogP contribution < -0.4 is 0 Å². The SMILES string of the molecule is CC(C)N(OP(=O)(Cl)OCCC#N)C(C)C. The van der Waals surface area contributed by atoms with E-state index in [1.807, 2.05) is 33.8 Å². The molecule has 0 bridgehead atoms. The normalized spacial score (nSPS) is 15.4. The van der Waals surface area contributed by atoms with E-state index in [0.717, 1.165) is 0 Å². The maximum atomic E-state index is 11.7. The molecule has 7 heteroatoms. The largest absolute Gasteiger partial charge is 0.440 e. The summed E-state index contributed by atoms with van der Waals surface area (Å²) < 4.78 is 21.6. The van der Waals surface area contributed by atoms with Gasteiger partial charge in [0.05, 0.1) is 19.1 Å². The van der Waals surface area contributed by atoms with Gasteiger partial charge in [-0.25, -0.2) is 9.19 Å². The second-order valence-corrected chi connectivity index (χ2v) is 6.33. The van der Waals surface area contributed by atoms with Crippen LogP contribution in [0.4, 0.5) is 0 Å². The Hall–Kier alpha value is -0.110.